The quantitative estimate of drug-likeness (QED) is 0.339. The second kappa shape index (κ2) is 17.6. The minimum atomic E-state index is -0.476. The molecule has 258 valence electrons. The molecular formula is C35H47N7O4S2. The van der Waals surface area contributed by atoms with E-state index in [2.05, 4.69) is 44.7 Å². The Kier molecular flexibility index (Phi) is 13.1. The molecule has 48 heavy (non-hydrogen) atoms. The van der Waals surface area contributed by atoms with E-state index in [1.165, 1.54) is 29.1 Å². The van der Waals surface area contributed by atoms with Crippen LogP contribution in [0.2, 0.25) is 0 Å². The molecule has 1 saturated heterocycles. The van der Waals surface area contributed by atoms with Crippen molar-refractivity contribution in [1.29, 1.82) is 0 Å². The van der Waals surface area contributed by atoms with Gasteiger partial charge in [-0.2, -0.15) is 0 Å². The monoisotopic (exact) mass is 693 g/mol. The van der Waals surface area contributed by atoms with Crippen LogP contribution >= 0.6 is 22.7 Å². The Hall–Kier alpha value is -3.68. The molecule has 11 nitrogen and oxygen atoms in total. The third-order valence-electron chi connectivity index (χ3n) is 8.62. The lowest BCUT2D eigenvalue weighted by molar-refractivity contribution is -0.133. The molecule has 2 aromatic heterocycles. The summed E-state index contributed by atoms with van der Waals surface area (Å²) in [6.07, 6.45) is 5.95. The molecule has 2 aliphatic rings. The highest BCUT2D eigenvalue weighted by molar-refractivity contribution is 7.10. The number of likely N-dealkylation sites (tertiary alicyclic amines) is 1. The fraction of sp³-hybridized carbons (Fsp3) is 0.543. The largest absolute Gasteiger partial charge is 0.351 e. The van der Waals surface area contributed by atoms with Crippen LogP contribution in [-0.4, -0.2) is 82.7 Å². The second-order valence-corrected chi connectivity index (χ2v) is 14.8. The fourth-order valence-electron chi connectivity index (χ4n) is 6.11. The summed E-state index contributed by atoms with van der Waals surface area (Å²) in [5.74, 6) is -0.392. The van der Waals surface area contributed by atoms with Gasteiger partial charge in [-0.1, -0.05) is 50.6 Å². The van der Waals surface area contributed by atoms with Gasteiger partial charge in [0.25, 0.3) is 11.8 Å². The number of piperidine rings is 1. The third kappa shape index (κ3) is 10.4. The van der Waals surface area contributed by atoms with E-state index in [-0.39, 0.29) is 41.8 Å². The van der Waals surface area contributed by atoms with Crippen LogP contribution in [0.4, 0.5) is 0 Å². The van der Waals surface area contributed by atoms with Crippen LogP contribution in [0.15, 0.2) is 41.1 Å². The Balaban J connectivity index is 1.37. The van der Waals surface area contributed by atoms with Crippen LogP contribution in [0.1, 0.15) is 107 Å². The zero-order valence-electron chi connectivity index (χ0n) is 27.9. The number of amides is 4. The average Bonchev–Trinajstić information content (AvgIpc) is 3.77. The summed E-state index contributed by atoms with van der Waals surface area (Å²) in [4.78, 5) is 66.6. The number of rotatable bonds is 6. The molecule has 0 aliphatic carbocycles. The number of nitrogens with zero attached hydrogens (tertiary/aromatic N) is 4. The number of benzene rings is 1. The molecule has 1 fully saturated rings. The summed E-state index contributed by atoms with van der Waals surface area (Å²) >= 11 is 2.69. The van der Waals surface area contributed by atoms with E-state index < -0.39 is 6.04 Å². The molecule has 4 heterocycles. The van der Waals surface area contributed by atoms with Crippen molar-refractivity contribution in [3.05, 3.63) is 68.1 Å². The zero-order valence-corrected chi connectivity index (χ0v) is 29.5. The number of aromatic nitrogens is 2. The number of fused-ring (bicyclic) bond motifs is 4. The maximum Gasteiger partial charge on any atom is 0.271 e. The summed E-state index contributed by atoms with van der Waals surface area (Å²) < 4.78 is 0. The zero-order chi connectivity index (χ0) is 33.9. The molecule has 2 aliphatic heterocycles. The van der Waals surface area contributed by atoms with Crippen LogP contribution < -0.4 is 16.0 Å². The number of carbonyl (C=O) groups excluding carboxylic acids is 4. The number of hydrogen-bond acceptors (Lipinski definition) is 9. The van der Waals surface area contributed by atoms with E-state index in [0.29, 0.717) is 73.5 Å². The molecule has 3 aromatic rings. The first-order chi connectivity index (χ1) is 23.2. The van der Waals surface area contributed by atoms with Crippen LogP contribution in [0.3, 0.4) is 0 Å². The molecular weight excluding hydrogens is 647 g/mol. The van der Waals surface area contributed by atoms with Crippen molar-refractivity contribution in [2.45, 2.75) is 77.3 Å². The van der Waals surface area contributed by atoms with Crippen molar-refractivity contribution in [2.75, 3.05) is 39.3 Å². The first kappa shape index (κ1) is 35.6. The molecule has 0 unspecified atom stereocenters. The predicted molar refractivity (Wildman–Crippen MR) is 188 cm³/mol. The molecule has 4 amide bonds. The van der Waals surface area contributed by atoms with Gasteiger partial charge in [-0.15, -0.1) is 22.7 Å². The van der Waals surface area contributed by atoms with Crippen molar-refractivity contribution >= 4 is 46.3 Å². The highest BCUT2D eigenvalue weighted by Gasteiger charge is 2.26. The summed E-state index contributed by atoms with van der Waals surface area (Å²) in [5, 5.41) is 14.0. The van der Waals surface area contributed by atoms with Crippen LogP contribution in [-0.2, 0) is 16.0 Å². The van der Waals surface area contributed by atoms with Crippen LogP contribution in [0.25, 0.3) is 0 Å². The lowest BCUT2D eigenvalue weighted by Crippen LogP contribution is -2.43. The molecule has 0 saturated carbocycles. The van der Waals surface area contributed by atoms with Gasteiger partial charge in [0.15, 0.2) is 0 Å². The van der Waals surface area contributed by atoms with Gasteiger partial charge in [-0.25, -0.2) is 9.97 Å². The lowest BCUT2D eigenvalue weighted by Gasteiger charge is -2.30. The molecule has 0 radical (unpaired) electrons. The minimum Gasteiger partial charge on any atom is -0.351 e. The SMILES string of the molecule is CC(C)C[C@@H]1NC(=O)CCCN(C(=O)CN2CCCCC2)CCCNC(=O)c2csc(n2)[C@H](Cc2ccccc2)NC(=O)c2csc1n2. The smallest absolute Gasteiger partial charge is 0.271 e. The minimum absolute atomic E-state index is 0.0563. The Bertz CT molecular complexity index is 1520. The number of nitrogens with one attached hydrogen (secondary N) is 3. The first-order valence-electron chi connectivity index (χ1n) is 17.1. The summed E-state index contributed by atoms with van der Waals surface area (Å²) in [5.41, 5.74) is 1.59. The predicted octanol–water partition coefficient (Wildman–Crippen LogP) is 4.75. The van der Waals surface area contributed by atoms with Crippen molar-refractivity contribution in [3.8, 4) is 0 Å². The van der Waals surface area contributed by atoms with Gasteiger partial charge in [0.2, 0.25) is 11.8 Å². The standard InChI is InChI=1S/C35H47N7O4S2/c1-24(2)19-26-34-40-29(23-48-34)33(46)38-27(20-25-11-5-3-6-12-25)35-39-28(22-47-35)32(45)36-14-10-18-42(17-9-13-30(43)37-26)31(44)21-41-15-7-4-8-16-41/h3,5-6,11-12,22-24,26-27H,4,7-10,13-21H2,1-2H3,(H,36,45)(H,37,43)(H,38,46)/t26-,27-/m0/s1. The molecule has 4 bridgehead atoms. The first-order valence-corrected chi connectivity index (χ1v) is 18.8. The van der Waals surface area contributed by atoms with Gasteiger partial charge in [-0.3, -0.25) is 24.1 Å². The highest BCUT2D eigenvalue weighted by Crippen LogP contribution is 2.27. The van der Waals surface area contributed by atoms with Crippen molar-refractivity contribution in [1.82, 2.24) is 35.7 Å². The normalized spacial score (nSPS) is 20.8. The van der Waals surface area contributed by atoms with E-state index in [0.717, 1.165) is 31.5 Å². The van der Waals surface area contributed by atoms with Gasteiger partial charge < -0.3 is 20.9 Å². The summed E-state index contributed by atoms with van der Waals surface area (Å²) in [6, 6.07) is 9.03. The maximum atomic E-state index is 13.5. The molecule has 5 rings (SSSR count). The second-order valence-electron chi connectivity index (χ2n) is 13.0. The molecule has 3 N–H and O–H groups in total. The number of hydrogen-bond donors (Lipinski definition) is 3. The number of carbonyl (C=O) groups is 4. The number of thiazole rings is 2. The van der Waals surface area contributed by atoms with Crippen LogP contribution in [0.5, 0.6) is 0 Å². The van der Waals surface area contributed by atoms with Crippen molar-refractivity contribution in [3.63, 3.8) is 0 Å². The molecule has 0 spiro atoms. The molecule has 13 heteroatoms. The van der Waals surface area contributed by atoms with E-state index in [1.807, 2.05) is 35.2 Å². The highest BCUT2D eigenvalue weighted by atomic mass is 32.1. The van der Waals surface area contributed by atoms with E-state index >= 15 is 0 Å². The average molecular weight is 694 g/mol. The molecule has 1 aromatic carbocycles. The van der Waals surface area contributed by atoms with Crippen LogP contribution in [0, 0.1) is 5.92 Å². The fourth-order valence-corrected chi connectivity index (χ4v) is 7.82. The lowest BCUT2D eigenvalue weighted by atomic mass is 10.0. The Morgan fingerprint density at radius 2 is 1.50 bits per heavy atom. The molecule has 2 atom stereocenters. The van der Waals surface area contributed by atoms with Gasteiger partial charge >= 0.3 is 0 Å². The maximum absolute atomic E-state index is 13.5. The topological polar surface area (TPSA) is 137 Å². The van der Waals surface area contributed by atoms with Gasteiger partial charge in [-0.05, 0) is 63.1 Å². The van der Waals surface area contributed by atoms with Gasteiger partial charge in [0, 0.05) is 36.8 Å². The van der Waals surface area contributed by atoms with Gasteiger partial charge in [0.1, 0.15) is 21.4 Å². The summed E-state index contributed by atoms with van der Waals surface area (Å²) in [7, 11) is 0. The van der Waals surface area contributed by atoms with E-state index in [1.54, 1.807) is 10.8 Å². The van der Waals surface area contributed by atoms with E-state index in [4.69, 9.17) is 0 Å². The van der Waals surface area contributed by atoms with Gasteiger partial charge in [0.05, 0.1) is 18.6 Å². The third-order valence-corrected chi connectivity index (χ3v) is 10.5. The Morgan fingerprint density at radius 1 is 0.833 bits per heavy atom. The Morgan fingerprint density at radius 3 is 2.21 bits per heavy atom. The summed E-state index contributed by atoms with van der Waals surface area (Å²) in [6.45, 7) is 7.74. The van der Waals surface area contributed by atoms with Crippen molar-refractivity contribution in [2.24, 2.45) is 5.92 Å². The Labute approximate surface area is 290 Å². The van der Waals surface area contributed by atoms with E-state index in [9.17, 15) is 19.2 Å². The van der Waals surface area contributed by atoms with Crippen molar-refractivity contribution < 1.29 is 19.2 Å².